The molecule has 0 saturated heterocycles. The number of carbonyl (C=O) groups excluding carboxylic acids is 3. The molecule has 2 heterocycles. The Morgan fingerprint density at radius 1 is 1.20 bits per heavy atom. The number of rotatable bonds is 8. The summed E-state index contributed by atoms with van der Waals surface area (Å²) in [5.74, 6) is -2.23. The molecule has 1 amide bonds. The minimum Gasteiger partial charge on any atom is -0.462 e. The Morgan fingerprint density at radius 2 is 1.91 bits per heavy atom. The molecule has 3 aromatic rings. The van der Waals surface area contributed by atoms with Crippen molar-refractivity contribution >= 4 is 55.4 Å². The predicted molar refractivity (Wildman–Crippen MR) is 132 cm³/mol. The van der Waals surface area contributed by atoms with Gasteiger partial charge in [-0.3, -0.25) is 9.59 Å². The number of ketones is 1. The minimum absolute atomic E-state index is 0.0351. The smallest absolute Gasteiger partial charge is 0.341 e. The van der Waals surface area contributed by atoms with Gasteiger partial charge in [-0.25, -0.2) is 23.2 Å². The molecule has 0 bridgehead atoms. The van der Waals surface area contributed by atoms with E-state index in [1.807, 2.05) is 13.0 Å². The van der Waals surface area contributed by atoms with E-state index in [9.17, 15) is 22.8 Å². The van der Waals surface area contributed by atoms with Gasteiger partial charge in [-0.15, -0.1) is 11.3 Å². The van der Waals surface area contributed by atoms with Gasteiger partial charge >= 0.3 is 5.97 Å². The van der Waals surface area contributed by atoms with Crippen molar-refractivity contribution < 1.29 is 27.5 Å². The first-order valence-electron chi connectivity index (χ1n) is 10.4. The van der Waals surface area contributed by atoms with Gasteiger partial charge in [-0.05, 0) is 38.8 Å². The van der Waals surface area contributed by atoms with Crippen LogP contribution in [-0.4, -0.2) is 42.7 Å². The molecular formula is C23H22ClN3O6S2. The van der Waals surface area contributed by atoms with Gasteiger partial charge in [0.05, 0.1) is 34.0 Å². The Kier molecular flexibility index (Phi) is 8.04. The molecule has 0 aliphatic rings. The van der Waals surface area contributed by atoms with Crippen molar-refractivity contribution in [3.63, 3.8) is 0 Å². The molecule has 0 saturated carbocycles. The maximum absolute atomic E-state index is 13.0. The molecule has 9 nitrogen and oxygen atoms in total. The van der Waals surface area contributed by atoms with Gasteiger partial charge in [-0.2, -0.15) is 0 Å². The van der Waals surface area contributed by atoms with Crippen LogP contribution in [0.2, 0.25) is 5.02 Å². The molecule has 35 heavy (non-hydrogen) atoms. The third-order valence-corrected chi connectivity index (χ3v) is 7.88. The van der Waals surface area contributed by atoms with E-state index in [1.54, 1.807) is 32.0 Å². The van der Waals surface area contributed by atoms with Crippen LogP contribution >= 0.6 is 22.9 Å². The van der Waals surface area contributed by atoms with E-state index in [2.05, 4.69) is 15.3 Å². The van der Waals surface area contributed by atoms with Gasteiger partial charge in [-0.1, -0.05) is 41.4 Å². The number of nitrogens with one attached hydrogen (secondary N) is 1. The van der Waals surface area contributed by atoms with Crippen LogP contribution in [0, 0.1) is 13.8 Å². The van der Waals surface area contributed by atoms with Crippen molar-refractivity contribution in [3.05, 3.63) is 68.3 Å². The van der Waals surface area contributed by atoms with E-state index in [1.165, 1.54) is 6.92 Å². The van der Waals surface area contributed by atoms with E-state index in [0.717, 1.165) is 23.1 Å². The summed E-state index contributed by atoms with van der Waals surface area (Å²) in [7, 11) is -4.00. The van der Waals surface area contributed by atoms with Gasteiger partial charge in [0.25, 0.3) is 5.91 Å². The normalized spacial score (nSPS) is 11.2. The Bertz CT molecular complexity index is 1430. The number of anilines is 1. The van der Waals surface area contributed by atoms with Crippen molar-refractivity contribution in [2.45, 2.75) is 38.6 Å². The summed E-state index contributed by atoms with van der Waals surface area (Å²) < 4.78 is 30.9. The number of carbonyl (C=O) groups is 3. The fourth-order valence-electron chi connectivity index (χ4n) is 3.29. The second-order valence-corrected chi connectivity index (χ2v) is 10.9. The van der Waals surface area contributed by atoms with E-state index in [4.69, 9.17) is 16.3 Å². The fourth-order valence-corrected chi connectivity index (χ4v) is 5.75. The number of ether oxygens (including phenoxy) is 1. The van der Waals surface area contributed by atoms with Crippen LogP contribution in [0.25, 0.3) is 0 Å². The Labute approximate surface area is 211 Å². The van der Waals surface area contributed by atoms with Crippen LogP contribution in [-0.2, 0) is 20.3 Å². The molecule has 0 unspecified atom stereocenters. The Balaban J connectivity index is 1.96. The van der Waals surface area contributed by atoms with Gasteiger partial charge in [0.2, 0.25) is 15.0 Å². The van der Waals surface area contributed by atoms with Crippen LogP contribution in [0.4, 0.5) is 5.00 Å². The van der Waals surface area contributed by atoms with Crippen molar-refractivity contribution in [1.82, 2.24) is 9.97 Å². The lowest BCUT2D eigenvalue weighted by molar-refractivity contribution is 0.0527. The van der Waals surface area contributed by atoms with E-state index in [-0.39, 0.29) is 38.6 Å². The van der Waals surface area contributed by atoms with Crippen LogP contribution in [0.1, 0.15) is 61.1 Å². The summed E-state index contributed by atoms with van der Waals surface area (Å²) in [5.41, 5.74) is 1.44. The molecule has 2 aromatic heterocycles. The number of benzene rings is 1. The van der Waals surface area contributed by atoms with Gasteiger partial charge in [0.15, 0.2) is 11.5 Å². The molecule has 0 spiro atoms. The van der Waals surface area contributed by atoms with Gasteiger partial charge in [0.1, 0.15) is 5.00 Å². The first kappa shape index (κ1) is 26.5. The van der Waals surface area contributed by atoms with Gasteiger partial charge < -0.3 is 10.1 Å². The number of halogens is 1. The molecule has 0 atom stereocenters. The molecule has 3 rings (SSSR count). The molecule has 1 aromatic carbocycles. The average Bonchev–Trinajstić information content (AvgIpc) is 3.09. The fraction of sp³-hybridized carbons (Fsp3) is 0.261. The second kappa shape index (κ2) is 10.6. The molecule has 184 valence electrons. The number of aromatic nitrogens is 2. The number of nitrogens with zero attached hydrogens (tertiary/aromatic N) is 2. The number of hydrogen-bond donors (Lipinski definition) is 1. The van der Waals surface area contributed by atoms with Crippen molar-refractivity contribution in [2.24, 2.45) is 0 Å². The van der Waals surface area contributed by atoms with Crippen LogP contribution in [0.15, 0.2) is 35.6 Å². The minimum atomic E-state index is -4.00. The highest BCUT2D eigenvalue weighted by atomic mass is 35.5. The number of amides is 1. The van der Waals surface area contributed by atoms with Crippen LogP contribution in [0.5, 0.6) is 0 Å². The zero-order valence-electron chi connectivity index (χ0n) is 19.3. The lowest BCUT2D eigenvalue weighted by Crippen LogP contribution is -2.19. The van der Waals surface area contributed by atoms with E-state index < -0.39 is 32.6 Å². The lowest BCUT2D eigenvalue weighted by atomic mass is 10.1. The molecule has 0 aliphatic carbocycles. The molecule has 0 aliphatic heterocycles. The number of sulfone groups is 1. The highest BCUT2D eigenvalue weighted by Crippen LogP contribution is 2.34. The molecule has 1 N–H and O–H groups in total. The summed E-state index contributed by atoms with van der Waals surface area (Å²) in [4.78, 5) is 45.5. The maximum atomic E-state index is 13.0. The first-order valence-corrected chi connectivity index (χ1v) is 13.2. The average molecular weight is 536 g/mol. The second-order valence-electron chi connectivity index (χ2n) is 7.59. The Hall–Kier alpha value is -3.15. The summed E-state index contributed by atoms with van der Waals surface area (Å²) in [6.45, 7) is 6.47. The number of aryl methyl sites for hydroxylation is 1. The molecular weight excluding hydrogens is 514 g/mol. The monoisotopic (exact) mass is 535 g/mol. The highest BCUT2D eigenvalue weighted by Gasteiger charge is 2.28. The van der Waals surface area contributed by atoms with Crippen molar-refractivity contribution in [1.29, 1.82) is 0 Å². The highest BCUT2D eigenvalue weighted by molar-refractivity contribution is 7.90. The zero-order chi connectivity index (χ0) is 25.9. The number of Topliss-reactive ketones (excluding diaryl/α,β-unsaturated/α-hetero) is 1. The summed E-state index contributed by atoms with van der Waals surface area (Å²) in [6, 6.07) is 6.97. The van der Waals surface area contributed by atoms with E-state index in [0.29, 0.717) is 11.1 Å². The van der Waals surface area contributed by atoms with Gasteiger partial charge in [0, 0.05) is 0 Å². The zero-order valence-corrected chi connectivity index (χ0v) is 21.7. The van der Waals surface area contributed by atoms with Crippen molar-refractivity contribution in [3.8, 4) is 0 Å². The van der Waals surface area contributed by atoms with Crippen LogP contribution < -0.4 is 5.32 Å². The maximum Gasteiger partial charge on any atom is 0.341 e. The van der Waals surface area contributed by atoms with Crippen LogP contribution in [0.3, 0.4) is 0 Å². The molecule has 12 heteroatoms. The quantitative estimate of drug-likeness (QED) is 0.255. The molecule has 0 radical (unpaired) electrons. The first-order chi connectivity index (χ1) is 16.4. The topological polar surface area (TPSA) is 132 Å². The Morgan fingerprint density at radius 3 is 2.54 bits per heavy atom. The summed E-state index contributed by atoms with van der Waals surface area (Å²) in [6.07, 6.45) is 1.03. The third kappa shape index (κ3) is 5.92. The number of thiophene rings is 1. The summed E-state index contributed by atoms with van der Waals surface area (Å²) >= 11 is 7.01. The SMILES string of the molecule is CCOC(=O)c1c(NC(=O)c2nc(S(=O)(=O)Cc3cccc(C)c3)ncc2Cl)sc(C(C)=O)c1C. The predicted octanol–water partition coefficient (Wildman–Crippen LogP) is 4.41. The summed E-state index contributed by atoms with van der Waals surface area (Å²) in [5, 5.41) is 1.83. The number of hydrogen-bond acceptors (Lipinski definition) is 9. The van der Waals surface area contributed by atoms with Crippen molar-refractivity contribution in [2.75, 3.05) is 11.9 Å². The van der Waals surface area contributed by atoms with E-state index >= 15 is 0 Å². The standard InChI is InChI=1S/C23H22ClN3O6S2/c1-5-33-22(30)17-13(3)19(14(4)28)34-21(17)27-20(29)18-16(24)10-25-23(26-18)35(31,32)11-15-8-6-7-12(2)9-15/h6-10H,5,11H2,1-4H3,(H,27,29). The third-order valence-electron chi connectivity index (χ3n) is 4.83. The largest absolute Gasteiger partial charge is 0.462 e. The molecule has 0 fully saturated rings. The lowest BCUT2D eigenvalue weighted by Gasteiger charge is -2.09. The number of esters is 1.